The second-order valence-electron chi connectivity index (χ2n) is 4.94. The Kier molecular flexibility index (Phi) is 2.91. The first-order valence-electron chi connectivity index (χ1n) is 6.27. The van der Waals surface area contributed by atoms with Gasteiger partial charge in [-0.25, -0.2) is 4.98 Å². The van der Waals surface area contributed by atoms with Crippen molar-refractivity contribution in [1.82, 2.24) is 15.6 Å². The van der Waals surface area contributed by atoms with Crippen LogP contribution >= 0.6 is 0 Å². The number of hydrogen-bond donors (Lipinski definition) is 2. The molecule has 2 unspecified atom stereocenters. The Morgan fingerprint density at radius 1 is 1.50 bits per heavy atom. The summed E-state index contributed by atoms with van der Waals surface area (Å²) in [6.07, 6.45) is 1.73. The van der Waals surface area contributed by atoms with Crippen molar-refractivity contribution in [2.45, 2.75) is 6.54 Å². The van der Waals surface area contributed by atoms with Gasteiger partial charge in [-0.2, -0.15) is 0 Å². The molecule has 0 radical (unpaired) electrons. The first-order valence-corrected chi connectivity index (χ1v) is 6.27. The molecular weight excluding hydrogens is 230 g/mol. The van der Waals surface area contributed by atoms with Gasteiger partial charge < -0.3 is 15.4 Å². The fraction of sp³-hybridized carbons (Fsp3) is 0.538. The van der Waals surface area contributed by atoms with Gasteiger partial charge in [-0.1, -0.05) is 6.07 Å². The minimum Gasteiger partial charge on any atom is -0.481 e. The molecule has 2 fully saturated rings. The number of nitrogens with one attached hydrogen (secondary N) is 2. The predicted octanol–water partition coefficient (Wildman–Crippen LogP) is 0.172. The first kappa shape index (κ1) is 11.5. The maximum Gasteiger partial charge on any atom is 0.224 e. The van der Waals surface area contributed by atoms with Crippen molar-refractivity contribution in [3.8, 4) is 5.88 Å². The number of ether oxygens (including phenoxy) is 1. The molecule has 0 aromatic carbocycles. The molecule has 1 aliphatic heterocycles. The summed E-state index contributed by atoms with van der Waals surface area (Å²) in [5.41, 5.74) is 0.994. The van der Waals surface area contributed by atoms with E-state index in [9.17, 15) is 4.79 Å². The van der Waals surface area contributed by atoms with Gasteiger partial charge in [0.05, 0.1) is 7.11 Å². The predicted molar refractivity (Wildman–Crippen MR) is 66.0 cm³/mol. The molecule has 1 saturated heterocycles. The minimum atomic E-state index is 0.183. The van der Waals surface area contributed by atoms with Crippen LogP contribution in [0.15, 0.2) is 18.3 Å². The van der Waals surface area contributed by atoms with E-state index in [0.29, 0.717) is 24.3 Å². The third kappa shape index (κ3) is 2.06. The summed E-state index contributed by atoms with van der Waals surface area (Å²) < 4.78 is 4.99. The lowest BCUT2D eigenvalue weighted by Gasteiger charge is -2.07. The maximum absolute atomic E-state index is 11.9. The van der Waals surface area contributed by atoms with Crippen molar-refractivity contribution < 1.29 is 9.53 Å². The van der Waals surface area contributed by atoms with E-state index in [1.54, 1.807) is 19.4 Å². The van der Waals surface area contributed by atoms with Crippen LogP contribution < -0.4 is 15.4 Å². The van der Waals surface area contributed by atoms with Gasteiger partial charge in [0.15, 0.2) is 0 Å². The molecule has 2 aliphatic rings. The molecule has 1 aromatic rings. The van der Waals surface area contributed by atoms with E-state index in [0.717, 1.165) is 18.7 Å². The van der Waals surface area contributed by atoms with E-state index in [1.807, 2.05) is 6.07 Å². The van der Waals surface area contributed by atoms with E-state index in [2.05, 4.69) is 15.6 Å². The van der Waals surface area contributed by atoms with Gasteiger partial charge in [0.2, 0.25) is 11.8 Å². The number of fused-ring (bicyclic) bond motifs is 1. The number of carbonyl (C=O) groups excluding carboxylic acids is 1. The van der Waals surface area contributed by atoms with Crippen molar-refractivity contribution >= 4 is 5.91 Å². The lowest BCUT2D eigenvalue weighted by Crippen LogP contribution is -2.29. The average Bonchev–Trinajstić information content (AvgIpc) is 2.90. The molecule has 1 aromatic heterocycles. The van der Waals surface area contributed by atoms with Crippen LogP contribution in [0.25, 0.3) is 0 Å². The Balaban J connectivity index is 1.50. The highest BCUT2D eigenvalue weighted by atomic mass is 16.5. The van der Waals surface area contributed by atoms with E-state index in [1.165, 1.54) is 0 Å². The van der Waals surface area contributed by atoms with Crippen LogP contribution in [0.1, 0.15) is 5.56 Å². The normalized spacial score (nSPS) is 28.6. The zero-order valence-electron chi connectivity index (χ0n) is 10.3. The monoisotopic (exact) mass is 247 g/mol. The molecule has 3 rings (SSSR count). The Labute approximate surface area is 106 Å². The van der Waals surface area contributed by atoms with Crippen LogP contribution in [0.2, 0.25) is 0 Å². The highest BCUT2D eigenvalue weighted by Gasteiger charge is 2.56. The van der Waals surface area contributed by atoms with Crippen LogP contribution in [0.5, 0.6) is 5.88 Å². The maximum atomic E-state index is 11.9. The lowest BCUT2D eigenvalue weighted by atomic mass is 10.2. The summed E-state index contributed by atoms with van der Waals surface area (Å²) in [7, 11) is 1.59. The van der Waals surface area contributed by atoms with Gasteiger partial charge in [0.25, 0.3) is 0 Å². The summed E-state index contributed by atoms with van der Waals surface area (Å²) in [5, 5.41) is 6.27. The standard InChI is InChI=1S/C13H17N3O2/c1-18-11-3-2-8(4-15-11)5-16-13(17)12-9-6-14-7-10(9)12/h2-4,9-10,12,14H,5-7H2,1H3,(H,16,17). The number of methoxy groups -OCH3 is 1. The number of pyridine rings is 1. The second-order valence-corrected chi connectivity index (χ2v) is 4.94. The van der Waals surface area contributed by atoms with Crippen molar-refractivity contribution in [2.75, 3.05) is 20.2 Å². The molecule has 5 heteroatoms. The summed E-state index contributed by atoms with van der Waals surface area (Å²) in [4.78, 5) is 16.0. The average molecular weight is 247 g/mol. The highest BCUT2D eigenvalue weighted by molar-refractivity contribution is 5.82. The van der Waals surface area contributed by atoms with Gasteiger partial charge >= 0.3 is 0 Å². The number of rotatable bonds is 4. The summed E-state index contributed by atoms with van der Waals surface area (Å²) >= 11 is 0. The zero-order chi connectivity index (χ0) is 12.5. The molecule has 1 amide bonds. The number of aromatic nitrogens is 1. The third-order valence-electron chi connectivity index (χ3n) is 3.87. The SMILES string of the molecule is COc1ccc(CNC(=O)C2C3CNCC32)cn1. The summed E-state index contributed by atoms with van der Waals surface area (Å²) in [5.74, 6) is 2.14. The fourth-order valence-electron chi connectivity index (χ4n) is 2.75. The molecule has 5 nitrogen and oxygen atoms in total. The van der Waals surface area contributed by atoms with Crippen LogP contribution in [0, 0.1) is 17.8 Å². The van der Waals surface area contributed by atoms with Crippen LogP contribution in [-0.4, -0.2) is 31.1 Å². The van der Waals surface area contributed by atoms with E-state index < -0.39 is 0 Å². The number of hydrogen-bond acceptors (Lipinski definition) is 4. The Hall–Kier alpha value is -1.62. The zero-order valence-corrected chi connectivity index (χ0v) is 10.3. The molecule has 1 saturated carbocycles. The van der Waals surface area contributed by atoms with Gasteiger partial charge in [0, 0.05) is 24.7 Å². The molecule has 2 atom stereocenters. The van der Waals surface area contributed by atoms with Crippen LogP contribution in [0.3, 0.4) is 0 Å². The van der Waals surface area contributed by atoms with E-state index >= 15 is 0 Å². The van der Waals surface area contributed by atoms with Crippen molar-refractivity contribution in [3.63, 3.8) is 0 Å². The molecular formula is C13H17N3O2. The third-order valence-corrected chi connectivity index (χ3v) is 3.87. The Morgan fingerprint density at radius 3 is 2.89 bits per heavy atom. The number of carbonyl (C=O) groups is 1. The highest BCUT2D eigenvalue weighted by Crippen LogP contribution is 2.48. The molecule has 0 spiro atoms. The van der Waals surface area contributed by atoms with Gasteiger partial charge in [-0.3, -0.25) is 4.79 Å². The van der Waals surface area contributed by atoms with Crippen molar-refractivity contribution in [3.05, 3.63) is 23.9 Å². The molecule has 2 heterocycles. The molecule has 0 bridgehead atoms. The van der Waals surface area contributed by atoms with Crippen LogP contribution in [0.4, 0.5) is 0 Å². The first-order chi connectivity index (χ1) is 8.79. The van der Waals surface area contributed by atoms with E-state index in [-0.39, 0.29) is 11.8 Å². The summed E-state index contributed by atoms with van der Waals surface area (Å²) in [6, 6.07) is 3.72. The Morgan fingerprint density at radius 2 is 2.28 bits per heavy atom. The van der Waals surface area contributed by atoms with Crippen LogP contribution in [-0.2, 0) is 11.3 Å². The molecule has 1 aliphatic carbocycles. The number of amides is 1. The van der Waals surface area contributed by atoms with Gasteiger partial charge in [-0.05, 0) is 30.5 Å². The fourth-order valence-corrected chi connectivity index (χ4v) is 2.75. The van der Waals surface area contributed by atoms with Crippen molar-refractivity contribution in [1.29, 1.82) is 0 Å². The van der Waals surface area contributed by atoms with Crippen molar-refractivity contribution in [2.24, 2.45) is 17.8 Å². The van der Waals surface area contributed by atoms with Gasteiger partial charge in [0.1, 0.15) is 0 Å². The quantitative estimate of drug-likeness (QED) is 0.796. The molecule has 18 heavy (non-hydrogen) atoms. The van der Waals surface area contributed by atoms with Gasteiger partial charge in [-0.15, -0.1) is 0 Å². The lowest BCUT2D eigenvalue weighted by molar-refractivity contribution is -0.123. The topological polar surface area (TPSA) is 63.2 Å². The molecule has 2 N–H and O–H groups in total. The second kappa shape index (κ2) is 4.57. The minimum absolute atomic E-state index is 0.183. The van der Waals surface area contributed by atoms with E-state index in [4.69, 9.17) is 4.74 Å². The largest absolute Gasteiger partial charge is 0.481 e. The number of piperidine rings is 1. The smallest absolute Gasteiger partial charge is 0.224 e. The molecule has 96 valence electrons. The summed E-state index contributed by atoms with van der Waals surface area (Å²) in [6.45, 7) is 2.53. The number of nitrogens with zero attached hydrogens (tertiary/aromatic N) is 1. The Bertz CT molecular complexity index is 436.